The lowest BCUT2D eigenvalue weighted by Gasteiger charge is -2.10. The van der Waals surface area contributed by atoms with Crippen LogP contribution >= 0.6 is 11.8 Å². The lowest BCUT2D eigenvalue weighted by molar-refractivity contribution is 0.341. The number of para-hydroxylation sites is 1. The Morgan fingerprint density at radius 1 is 1.40 bits per heavy atom. The third kappa shape index (κ3) is 4.58. The largest absolute Gasteiger partial charge is 0.492 e. The summed E-state index contributed by atoms with van der Waals surface area (Å²) < 4.78 is 5.67. The van der Waals surface area contributed by atoms with E-state index in [1.165, 1.54) is 5.56 Å². The Kier molecular flexibility index (Phi) is 5.58. The predicted molar refractivity (Wildman–Crippen MR) is 67.6 cm³/mol. The van der Waals surface area contributed by atoms with Crippen LogP contribution in [0.15, 0.2) is 24.3 Å². The Hall–Kier alpha value is -0.670. The summed E-state index contributed by atoms with van der Waals surface area (Å²) in [5.41, 5.74) is 6.72. The summed E-state index contributed by atoms with van der Waals surface area (Å²) in [7, 11) is 0. The number of hydrogen-bond acceptors (Lipinski definition) is 3. The molecule has 2 nitrogen and oxygen atoms in total. The molecule has 84 valence electrons. The molecule has 0 spiro atoms. The van der Waals surface area contributed by atoms with Gasteiger partial charge >= 0.3 is 0 Å². The van der Waals surface area contributed by atoms with Crippen LogP contribution in [-0.2, 0) is 0 Å². The minimum atomic E-state index is 0.519. The molecule has 1 aromatic carbocycles. The second-order valence-electron chi connectivity index (χ2n) is 3.53. The van der Waals surface area contributed by atoms with Gasteiger partial charge in [-0.25, -0.2) is 0 Å². The van der Waals surface area contributed by atoms with Gasteiger partial charge in [-0.1, -0.05) is 25.1 Å². The molecule has 1 atom stereocenters. The first-order valence-corrected chi connectivity index (χ1v) is 6.29. The Bertz CT molecular complexity index is 291. The summed E-state index contributed by atoms with van der Waals surface area (Å²) in [5.74, 6) is 1.98. The predicted octanol–water partition coefficient (Wildman–Crippen LogP) is 2.45. The molecule has 3 heteroatoms. The van der Waals surface area contributed by atoms with Gasteiger partial charge in [-0.2, -0.15) is 11.8 Å². The van der Waals surface area contributed by atoms with Crippen molar-refractivity contribution in [3.8, 4) is 5.75 Å². The lowest BCUT2D eigenvalue weighted by atomic mass is 10.2. The van der Waals surface area contributed by atoms with E-state index in [0.29, 0.717) is 5.25 Å². The second-order valence-corrected chi connectivity index (χ2v) is 5.08. The van der Waals surface area contributed by atoms with Gasteiger partial charge in [0, 0.05) is 17.5 Å². The van der Waals surface area contributed by atoms with Crippen LogP contribution in [-0.4, -0.2) is 24.2 Å². The van der Waals surface area contributed by atoms with E-state index in [-0.39, 0.29) is 0 Å². The van der Waals surface area contributed by atoms with E-state index >= 15 is 0 Å². The molecule has 1 unspecified atom stereocenters. The van der Waals surface area contributed by atoms with Crippen molar-refractivity contribution in [1.82, 2.24) is 0 Å². The van der Waals surface area contributed by atoms with E-state index < -0.39 is 0 Å². The number of aryl methyl sites for hydroxylation is 1. The third-order valence-corrected chi connectivity index (χ3v) is 3.33. The summed E-state index contributed by atoms with van der Waals surface area (Å²) in [4.78, 5) is 0. The van der Waals surface area contributed by atoms with Crippen LogP contribution in [0.25, 0.3) is 0 Å². The summed E-state index contributed by atoms with van der Waals surface area (Å²) in [6.45, 7) is 5.68. The quantitative estimate of drug-likeness (QED) is 0.755. The first-order valence-electron chi connectivity index (χ1n) is 5.24. The Morgan fingerprint density at radius 2 is 2.13 bits per heavy atom. The number of rotatable bonds is 6. The zero-order valence-corrected chi connectivity index (χ0v) is 10.2. The summed E-state index contributed by atoms with van der Waals surface area (Å²) >= 11 is 1.85. The fourth-order valence-electron chi connectivity index (χ4n) is 1.19. The first-order chi connectivity index (χ1) is 7.24. The first kappa shape index (κ1) is 12.4. The Morgan fingerprint density at radius 3 is 2.80 bits per heavy atom. The van der Waals surface area contributed by atoms with Gasteiger partial charge in [0.2, 0.25) is 0 Å². The van der Waals surface area contributed by atoms with E-state index in [4.69, 9.17) is 10.5 Å². The minimum absolute atomic E-state index is 0.519. The van der Waals surface area contributed by atoms with E-state index in [1.54, 1.807) is 0 Å². The Labute approximate surface area is 96.2 Å². The van der Waals surface area contributed by atoms with Crippen LogP contribution in [0.5, 0.6) is 5.75 Å². The van der Waals surface area contributed by atoms with Crippen molar-refractivity contribution < 1.29 is 4.74 Å². The molecule has 15 heavy (non-hydrogen) atoms. The molecule has 0 radical (unpaired) electrons. The monoisotopic (exact) mass is 225 g/mol. The lowest BCUT2D eigenvalue weighted by Crippen LogP contribution is -2.14. The van der Waals surface area contributed by atoms with Gasteiger partial charge in [0.1, 0.15) is 5.75 Å². The normalized spacial score (nSPS) is 12.5. The van der Waals surface area contributed by atoms with E-state index in [9.17, 15) is 0 Å². The highest BCUT2D eigenvalue weighted by Crippen LogP contribution is 2.17. The van der Waals surface area contributed by atoms with E-state index in [0.717, 1.165) is 24.7 Å². The van der Waals surface area contributed by atoms with Crippen LogP contribution in [0.1, 0.15) is 12.5 Å². The molecule has 1 rings (SSSR count). The molecule has 0 aliphatic heterocycles. The van der Waals surface area contributed by atoms with Gasteiger partial charge in [0.25, 0.3) is 0 Å². The molecule has 1 aromatic rings. The molecule has 0 fully saturated rings. The van der Waals surface area contributed by atoms with Crippen molar-refractivity contribution in [2.75, 3.05) is 18.9 Å². The molecule has 0 amide bonds. The Balaban J connectivity index is 2.23. The summed E-state index contributed by atoms with van der Waals surface area (Å²) in [6, 6.07) is 8.09. The maximum absolute atomic E-state index is 5.67. The molecule has 0 aliphatic carbocycles. The zero-order chi connectivity index (χ0) is 11.1. The number of nitrogens with two attached hydrogens (primary N) is 1. The highest BCUT2D eigenvalue weighted by atomic mass is 32.2. The smallest absolute Gasteiger partial charge is 0.122 e. The van der Waals surface area contributed by atoms with Crippen LogP contribution in [0.2, 0.25) is 0 Å². The molecule has 0 bridgehead atoms. The van der Waals surface area contributed by atoms with Crippen LogP contribution in [0.3, 0.4) is 0 Å². The van der Waals surface area contributed by atoms with Crippen molar-refractivity contribution in [2.45, 2.75) is 19.1 Å². The molecule has 0 aliphatic rings. The van der Waals surface area contributed by atoms with Gasteiger partial charge < -0.3 is 10.5 Å². The third-order valence-electron chi connectivity index (χ3n) is 2.17. The standard InChI is InChI=1S/C12H19NOS/c1-10-5-3-4-6-12(10)14-7-8-15-11(2)9-13/h3-6,11H,7-9,13H2,1-2H3. The topological polar surface area (TPSA) is 35.2 Å². The summed E-state index contributed by atoms with van der Waals surface area (Å²) in [6.07, 6.45) is 0. The molecule has 0 saturated carbocycles. The van der Waals surface area contributed by atoms with Crippen LogP contribution < -0.4 is 10.5 Å². The maximum atomic E-state index is 5.67. The number of benzene rings is 1. The highest BCUT2D eigenvalue weighted by Gasteiger charge is 2.00. The fourth-order valence-corrected chi connectivity index (χ4v) is 1.91. The average Bonchev–Trinajstić information content (AvgIpc) is 2.26. The zero-order valence-electron chi connectivity index (χ0n) is 9.40. The molecule has 0 heterocycles. The fraction of sp³-hybridized carbons (Fsp3) is 0.500. The van der Waals surface area contributed by atoms with Crippen molar-refractivity contribution in [2.24, 2.45) is 5.73 Å². The second kappa shape index (κ2) is 6.75. The minimum Gasteiger partial charge on any atom is -0.492 e. The van der Waals surface area contributed by atoms with Crippen LogP contribution in [0.4, 0.5) is 0 Å². The van der Waals surface area contributed by atoms with Gasteiger partial charge in [0.15, 0.2) is 0 Å². The molecule has 0 saturated heterocycles. The van der Waals surface area contributed by atoms with Gasteiger partial charge in [-0.3, -0.25) is 0 Å². The average molecular weight is 225 g/mol. The van der Waals surface area contributed by atoms with Crippen molar-refractivity contribution in [3.05, 3.63) is 29.8 Å². The number of ether oxygens (including phenoxy) is 1. The highest BCUT2D eigenvalue weighted by molar-refractivity contribution is 7.99. The molecule has 2 N–H and O–H groups in total. The molecule has 0 aromatic heterocycles. The molecular weight excluding hydrogens is 206 g/mol. The number of hydrogen-bond donors (Lipinski definition) is 1. The van der Waals surface area contributed by atoms with Crippen molar-refractivity contribution in [1.29, 1.82) is 0 Å². The van der Waals surface area contributed by atoms with E-state index in [1.807, 2.05) is 30.0 Å². The van der Waals surface area contributed by atoms with Crippen molar-refractivity contribution >= 4 is 11.8 Å². The van der Waals surface area contributed by atoms with Gasteiger partial charge in [-0.05, 0) is 18.6 Å². The van der Waals surface area contributed by atoms with Gasteiger partial charge in [0.05, 0.1) is 6.61 Å². The molecular formula is C12H19NOS. The number of thioether (sulfide) groups is 1. The van der Waals surface area contributed by atoms with Crippen molar-refractivity contribution in [3.63, 3.8) is 0 Å². The van der Waals surface area contributed by atoms with Gasteiger partial charge in [-0.15, -0.1) is 0 Å². The van der Waals surface area contributed by atoms with Crippen LogP contribution in [0, 0.1) is 6.92 Å². The SMILES string of the molecule is Cc1ccccc1OCCSC(C)CN. The summed E-state index contributed by atoms with van der Waals surface area (Å²) in [5, 5.41) is 0.519. The maximum Gasteiger partial charge on any atom is 0.122 e. The van der Waals surface area contributed by atoms with E-state index in [2.05, 4.69) is 19.9 Å².